The summed E-state index contributed by atoms with van der Waals surface area (Å²) in [5, 5.41) is 7.14. The molecule has 0 fully saturated rings. The van der Waals surface area contributed by atoms with Crippen LogP contribution in [0, 0.1) is 0 Å². The van der Waals surface area contributed by atoms with E-state index in [2.05, 4.69) is 29.3 Å². The number of anilines is 1. The summed E-state index contributed by atoms with van der Waals surface area (Å²) in [6, 6.07) is 11.7. The number of hydrogen-bond donors (Lipinski definition) is 2. The van der Waals surface area contributed by atoms with Gasteiger partial charge >= 0.3 is 0 Å². The molecule has 120 valence electrons. The summed E-state index contributed by atoms with van der Waals surface area (Å²) >= 11 is 0. The third kappa shape index (κ3) is 5.32. The van der Waals surface area contributed by atoms with Crippen LogP contribution in [0.4, 0.5) is 5.69 Å². The van der Waals surface area contributed by atoms with Crippen molar-refractivity contribution in [3.8, 4) is 0 Å². The van der Waals surface area contributed by atoms with Gasteiger partial charge in [-0.1, -0.05) is 37.2 Å². The second kappa shape index (κ2) is 9.45. The van der Waals surface area contributed by atoms with Crippen molar-refractivity contribution >= 4 is 35.6 Å². The molecule has 2 rings (SSSR count). The summed E-state index contributed by atoms with van der Waals surface area (Å²) in [6.07, 6.45) is 2.12. The molecule has 0 aliphatic heterocycles. The molecule has 1 heterocycles. The molecule has 0 spiro atoms. The number of guanidine groups is 1. The summed E-state index contributed by atoms with van der Waals surface area (Å²) in [7, 11) is 0. The minimum atomic E-state index is 0. The van der Waals surface area contributed by atoms with E-state index in [4.69, 9.17) is 10.3 Å². The van der Waals surface area contributed by atoms with Gasteiger partial charge in [-0.15, -0.1) is 24.0 Å². The number of nitrogens with one attached hydrogen (secondary N) is 1. The van der Waals surface area contributed by atoms with Crippen LogP contribution < -0.4 is 11.1 Å². The predicted molar refractivity (Wildman–Crippen MR) is 101 cm³/mol. The summed E-state index contributed by atoms with van der Waals surface area (Å²) in [5.74, 6) is 1.54. The highest BCUT2D eigenvalue weighted by Crippen LogP contribution is 2.22. The van der Waals surface area contributed by atoms with Crippen molar-refractivity contribution < 1.29 is 4.52 Å². The summed E-state index contributed by atoms with van der Waals surface area (Å²) < 4.78 is 5.31. The first-order chi connectivity index (χ1) is 10.2. The molecule has 0 saturated carbocycles. The predicted octanol–water partition coefficient (Wildman–Crippen LogP) is 4.12. The third-order valence-corrected chi connectivity index (χ3v) is 3.43. The SMILES string of the molecule is CCC(CC)c1cc(CN=C(N)Nc2ccccc2)on1.I. The Kier molecular flexibility index (Phi) is 7.94. The summed E-state index contributed by atoms with van der Waals surface area (Å²) in [5.41, 5.74) is 7.76. The van der Waals surface area contributed by atoms with E-state index in [0.29, 0.717) is 18.4 Å². The van der Waals surface area contributed by atoms with E-state index < -0.39 is 0 Å². The van der Waals surface area contributed by atoms with Gasteiger partial charge in [0.05, 0.1) is 5.69 Å². The van der Waals surface area contributed by atoms with Gasteiger partial charge in [0.1, 0.15) is 6.54 Å². The maximum absolute atomic E-state index is 5.85. The average Bonchev–Trinajstić information content (AvgIpc) is 2.96. The Morgan fingerprint density at radius 3 is 2.59 bits per heavy atom. The number of aromatic nitrogens is 1. The van der Waals surface area contributed by atoms with Gasteiger partial charge in [-0.2, -0.15) is 0 Å². The Balaban J connectivity index is 0.00000242. The largest absolute Gasteiger partial charge is 0.370 e. The van der Waals surface area contributed by atoms with Crippen LogP contribution in [0.3, 0.4) is 0 Å². The van der Waals surface area contributed by atoms with Crippen LogP contribution in [0.25, 0.3) is 0 Å². The minimum Gasteiger partial charge on any atom is -0.370 e. The Morgan fingerprint density at radius 2 is 1.95 bits per heavy atom. The molecule has 0 atom stereocenters. The lowest BCUT2D eigenvalue weighted by Gasteiger charge is -2.05. The fourth-order valence-corrected chi connectivity index (χ4v) is 2.17. The van der Waals surface area contributed by atoms with Gasteiger partial charge < -0.3 is 15.6 Å². The van der Waals surface area contributed by atoms with E-state index >= 15 is 0 Å². The first-order valence-electron chi connectivity index (χ1n) is 7.30. The Hall–Kier alpha value is -1.57. The Bertz CT molecular complexity index is 579. The van der Waals surface area contributed by atoms with Crippen molar-refractivity contribution in [2.75, 3.05) is 5.32 Å². The second-order valence-electron chi connectivity index (χ2n) is 4.92. The van der Waals surface area contributed by atoms with Crippen LogP contribution in [-0.2, 0) is 6.54 Å². The molecule has 22 heavy (non-hydrogen) atoms. The molecule has 0 bridgehead atoms. The Labute approximate surface area is 148 Å². The highest BCUT2D eigenvalue weighted by atomic mass is 127. The maximum atomic E-state index is 5.85. The molecule has 1 aromatic carbocycles. The lowest BCUT2D eigenvalue weighted by atomic mass is 9.99. The van der Waals surface area contributed by atoms with E-state index in [1.165, 1.54) is 0 Å². The lowest BCUT2D eigenvalue weighted by molar-refractivity contribution is 0.372. The van der Waals surface area contributed by atoms with Crippen molar-refractivity contribution in [1.29, 1.82) is 0 Å². The molecule has 0 amide bonds. The highest BCUT2D eigenvalue weighted by Gasteiger charge is 2.12. The van der Waals surface area contributed by atoms with E-state index in [9.17, 15) is 0 Å². The fourth-order valence-electron chi connectivity index (χ4n) is 2.17. The summed E-state index contributed by atoms with van der Waals surface area (Å²) in [6.45, 7) is 4.70. The number of benzene rings is 1. The van der Waals surface area contributed by atoms with E-state index in [-0.39, 0.29) is 24.0 Å². The van der Waals surface area contributed by atoms with Crippen LogP contribution in [0.15, 0.2) is 45.9 Å². The van der Waals surface area contributed by atoms with Crippen LogP contribution in [0.1, 0.15) is 44.1 Å². The number of halogens is 1. The summed E-state index contributed by atoms with van der Waals surface area (Å²) in [4.78, 5) is 4.26. The van der Waals surface area contributed by atoms with Gasteiger partial charge in [-0.3, -0.25) is 0 Å². The van der Waals surface area contributed by atoms with Crippen molar-refractivity contribution in [2.24, 2.45) is 10.7 Å². The van der Waals surface area contributed by atoms with Crippen LogP contribution in [-0.4, -0.2) is 11.1 Å². The van der Waals surface area contributed by atoms with Crippen molar-refractivity contribution in [1.82, 2.24) is 5.16 Å². The van der Waals surface area contributed by atoms with Crippen LogP contribution in [0.2, 0.25) is 0 Å². The van der Waals surface area contributed by atoms with Crippen molar-refractivity contribution in [2.45, 2.75) is 39.2 Å². The number of para-hydroxylation sites is 1. The molecule has 6 heteroatoms. The number of rotatable bonds is 6. The molecule has 2 aromatic rings. The maximum Gasteiger partial charge on any atom is 0.193 e. The van der Waals surface area contributed by atoms with Gasteiger partial charge in [0, 0.05) is 17.7 Å². The molecule has 1 aromatic heterocycles. The highest BCUT2D eigenvalue weighted by molar-refractivity contribution is 14.0. The number of nitrogens with two attached hydrogens (primary N) is 1. The van der Waals surface area contributed by atoms with Gasteiger partial charge in [-0.25, -0.2) is 4.99 Å². The van der Waals surface area contributed by atoms with Gasteiger partial charge in [0.15, 0.2) is 11.7 Å². The molecule has 0 unspecified atom stereocenters. The van der Waals surface area contributed by atoms with E-state index in [1.807, 2.05) is 36.4 Å². The molecule has 0 aliphatic carbocycles. The quantitative estimate of drug-likeness (QED) is 0.424. The monoisotopic (exact) mass is 414 g/mol. The topological polar surface area (TPSA) is 76.4 Å². The normalized spacial score (nSPS) is 11.3. The molecule has 3 N–H and O–H groups in total. The smallest absolute Gasteiger partial charge is 0.193 e. The fraction of sp³-hybridized carbons (Fsp3) is 0.375. The zero-order chi connectivity index (χ0) is 15.1. The molecule has 0 saturated heterocycles. The lowest BCUT2D eigenvalue weighted by Crippen LogP contribution is -2.22. The molecular formula is C16H23IN4O. The first kappa shape index (κ1) is 18.5. The zero-order valence-corrected chi connectivity index (χ0v) is 15.3. The van der Waals surface area contributed by atoms with Crippen LogP contribution >= 0.6 is 24.0 Å². The number of nitrogens with zero attached hydrogens (tertiary/aromatic N) is 2. The van der Waals surface area contributed by atoms with Crippen molar-refractivity contribution in [3.05, 3.63) is 47.9 Å². The van der Waals surface area contributed by atoms with Gasteiger partial charge in [-0.05, 0) is 25.0 Å². The molecule has 0 aliphatic rings. The van der Waals surface area contributed by atoms with Crippen molar-refractivity contribution in [3.63, 3.8) is 0 Å². The van der Waals surface area contributed by atoms with Gasteiger partial charge in [0.2, 0.25) is 0 Å². The van der Waals surface area contributed by atoms with E-state index in [1.54, 1.807) is 0 Å². The molecular weight excluding hydrogens is 391 g/mol. The Morgan fingerprint density at radius 1 is 1.27 bits per heavy atom. The second-order valence-corrected chi connectivity index (χ2v) is 4.92. The van der Waals surface area contributed by atoms with Gasteiger partial charge in [0.25, 0.3) is 0 Å². The third-order valence-electron chi connectivity index (χ3n) is 3.43. The molecule has 5 nitrogen and oxygen atoms in total. The first-order valence-corrected chi connectivity index (χ1v) is 7.30. The minimum absolute atomic E-state index is 0. The van der Waals surface area contributed by atoms with E-state index in [0.717, 1.165) is 30.0 Å². The average molecular weight is 414 g/mol. The number of hydrogen-bond acceptors (Lipinski definition) is 3. The zero-order valence-electron chi connectivity index (χ0n) is 13.0. The van der Waals surface area contributed by atoms with Crippen LogP contribution in [0.5, 0.6) is 0 Å². The number of aliphatic imine (C=N–C) groups is 1. The molecule has 0 radical (unpaired) electrons. The standard InChI is InChI=1S/C16H22N4O.HI/c1-3-12(4-2)15-10-14(21-20-15)11-18-16(17)19-13-8-6-5-7-9-13;/h5-10,12H,3-4,11H2,1-2H3,(H3,17,18,19);1H.